The van der Waals surface area contributed by atoms with Crippen LogP contribution < -0.4 is 10.6 Å². The SMILES string of the molecule is CN[C@H](C)C(=O)N[C@H](Cc1ccc(Cl)cc1Cl)C(C)=O. The first-order chi connectivity index (χ1) is 9.35. The zero-order chi connectivity index (χ0) is 15.3. The number of hydrogen-bond acceptors (Lipinski definition) is 3. The fourth-order valence-corrected chi connectivity index (χ4v) is 2.12. The maximum absolute atomic E-state index is 11.8. The minimum absolute atomic E-state index is 0.118. The molecular weight excluding hydrogens is 299 g/mol. The molecule has 0 saturated carbocycles. The first-order valence-electron chi connectivity index (χ1n) is 6.27. The summed E-state index contributed by atoms with van der Waals surface area (Å²) in [6.07, 6.45) is 0.341. The fraction of sp³-hybridized carbons (Fsp3) is 0.429. The highest BCUT2D eigenvalue weighted by Crippen LogP contribution is 2.22. The van der Waals surface area contributed by atoms with Crippen LogP contribution in [0.3, 0.4) is 0 Å². The van der Waals surface area contributed by atoms with E-state index in [2.05, 4.69) is 10.6 Å². The van der Waals surface area contributed by atoms with E-state index in [1.165, 1.54) is 6.92 Å². The number of carbonyl (C=O) groups excluding carboxylic acids is 2. The third kappa shape index (κ3) is 4.78. The molecule has 0 aliphatic heterocycles. The molecule has 0 heterocycles. The lowest BCUT2D eigenvalue weighted by atomic mass is 10.0. The molecule has 0 bridgehead atoms. The summed E-state index contributed by atoms with van der Waals surface area (Å²) in [6, 6.07) is 4.12. The van der Waals surface area contributed by atoms with Crippen LogP contribution in [-0.2, 0) is 16.0 Å². The van der Waals surface area contributed by atoms with Gasteiger partial charge >= 0.3 is 0 Å². The predicted molar refractivity (Wildman–Crippen MR) is 81.3 cm³/mol. The Labute approximate surface area is 128 Å². The van der Waals surface area contributed by atoms with Crippen LogP contribution in [0.25, 0.3) is 0 Å². The van der Waals surface area contributed by atoms with Crippen molar-refractivity contribution in [2.24, 2.45) is 0 Å². The van der Waals surface area contributed by atoms with E-state index in [-0.39, 0.29) is 17.7 Å². The lowest BCUT2D eigenvalue weighted by molar-refractivity contribution is -0.127. The Hall–Kier alpha value is -1.10. The number of rotatable bonds is 6. The molecule has 0 aromatic heterocycles. The maximum atomic E-state index is 11.8. The molecule has 2 atom stereocenters. The lowest BCUT2D eigenvalue weighted by Gasteiger charge is -2.19. The number of nitrogens with one attached hydrogen (secondary N) is 2. The van der Waals surface area contributed by atoms with Gasteiger partial charge in [0.25, 0.3) is 0 Å². The third-order valence-electron chi connectivity index (χ3n) is 3.07. The number of benzene rings is 1. The topological polar surface area (TPSA) is 58.2 Å². The summed E-state index contributed by atoms with van der Waals surface area (Å²) in [6.45, 7) is 3.17. The number of hydrogen-bond donors (Lipinski definition) is 2. The van der Waals surface area contributed by atoms with E-state index in [0.717, 1.165) is 5.56 Å². The molecule has 0 radical (unpaired) electrons. The highest BCUT2D eigenvalue weighted by atomic mass is 35.5. The van der Waals surface area contributed by atoms with Gasteiger partial charge in [0, 0.05) is 16.5 Å². The van der Waals surface area contributed by atoms with Crippen LogP contribution >= 0.6 is 23.2 Å². The van der Waals surface area contributed by atoms with E-state index >= 15 is 0 Å². The third-order valence-corrected chi connectivity index (χ3v) is 3.66. The Balaban J connectivity index is 2.82. The van der Waals surface area contributed by atoms with Crippen LogP contribution in [0.2, 0.25) is 10.0 Å². The van der Waals surface area contributed by atoms with Gasteiger partial charge in [0.2, 0.25) is 5.91 Å². The molecule has 1 aromatic rings. The van der Waals surface area contributed by atoms with Crippen molar-refractivity contribution in [2.45, 2.75) is 32.4 Å². The molecule has 110 valence electrons. The van der Waals surface area contributed by atoms with E-state index in [0.29, 0.717) is 16.5 Å². The molecule has 0 aliphatic rings. The Kier molecular flexibility index (Phi) is 6.46. The number of carbonyl (C=O) groups is 2. The Morgan fingerprint density at radius 2 is 1.95 bits per heavy atom. The average molecular weight is 317 g/mol. The molecule has 0 fully saturated rings. The normalized spacial score (nSPS) is 13.7. The van der Waals surface area contributed by atoms with E-state index in [9.17, 15) is 9.59 Å². The van der Waals surface area contributed by atoms with Gasteiger partial charge in [-0.1, -0.05) is 29.3 Å². The van der Waals surface area contributed by atoms with Gasteiger partial charge < -0.3 is 10.6 Å². The first kappa shape index (κ1) is 17.0. The molecule has 0 unspecified atom stereocenters. The quantitative estimate of drug-likeness (QED) is 0.846. The molecule has 20 heavy (non-hydrogen) atoms. The first-order valence-corrected chi connectivity index (χ1v) is 7.02. The summed E-state index contributed by atoms with van der Waals surface area (Å²) in [5.74, 6) is -0.342. The van der Waals surface area contributed by atoms with Crippen molar-refractivity contribution >= 4 is 34.9 Å². The summed E-state index contributed by atoms with van der Waals surface area (Å²) in [5, 5.41) is 6.56. The van der Waals surface area contributed by atoms with Gasteiger partial charge in [-0.15, -0.1) is 0 Å². The van der Waals surface area contributed by atoms with Crippen LogP contribution in [-0.4, -0.2) is 30.8 Å². The number of amides is 1. The molecule has 1 aromatic carbocycles. The minimum atomic E-state index is -0.600. The number of likely N-dealkylation sites (N-methyl/N-ethyl adjacent to an activating group) is 1. The Bertz CT molecular complexity index is 506. The van der Waals surface area contributed by atoms with Crippen LogP contribution in [0.15, 0.2) is 18.2 Å². The largest absolute Gasteiger partial charge is 0.345 e. The standard InChI is InChI=1S/C14H18Cl2N2O2/c1-8(17-3)14(20)18-13(9(2)19)6-10-4-5-11(15)7-12(10)16/h4-5,7-8,13,17H,6H2,1-3H3,(H,18,20)/t8-,13-/m1/s1. The van der Waals surface area contributed by atoms with Crippen molar-refractivity contribution in [1.82, 2.24) is 10.6 Å². The van der Waals surface area contributed by atoms with E-state index in [1.54, 1.807) is 32.2 Å². The Morgan fingerprint density at radius 3 is 2.45 bits per heavy atom. The smallest absolute Gasteiger partial charge is 0.237 e. The highest BCUT2D eigenvalue weighted by molar-refractivity contribution is 6.35. The van der Waals surface area contributed by atoms with Crippen LogP contribution in [0.1, 0.15) is 19.4 Å². The van der Waals surface area contributed by atoms with Gasteiger partial charge in [-0.3, -0.25) is 9.59 Å². The van der Waals surface area contributed by atoms with Crippen LogP contribution in [0.4, 0.5) is 0 Å². The van der Waals surface area contributed by atoms with Gasteiger partial charge in [-0.2, -0.15) is 0 Å². The maximum Gasteiger partial charge on any atom is 0.237 e. The van der Waals surface area contributed by atoms with Crippen molar-refractivity contribution in [3.63, 3.8) is 0 Å². The van der Waals surface area contributed by atoms with Crippen LogP contribution in [0, 0.1) is 0 Å². The second-order valence-electron chi connectivity index (χ2n) is 4.62. The lowest BCUT2D eigenvalue weighted by Crippen LogP contribution is -2.48. The molecule has 4 nitrogen and oxygen atoms in total. The summed E-state index contributed by atoms with van der Waals surface area (Å²) in [5.41, 5.74) is 0.772. The van der Waals surface area contributed by atoms with Crippen molar-refractivity contribution in [2.75, 3.05) is 7.05 Å². The van der Waals surface area contributed by atoms with Crippen molar-refractivity contribution < 1.29 is 9.59 Å². The van der Waals surface area contributed by atoms with Gasteiger partial charge in [0.15, 0.2) is 5.78 Å². The predicted octanol–water partition coefficient (Wildman–Crippen LogP) is 2.22. The molecule has 1 amide bonds. The zero-order valence-electron chi connectivity index (χ0n) is 11.7. The van der Waals surface area contributed by atoms with Gasteiger partial charge in [0.1, 0.15) is 0 Å². The Morgan fingerprint density at radius 1 is 1.30 bits per heavy atom. The molecular formula is C14H18Cl2N2O2. The highest BCUT2D eigenvalue weighted by Gasteiger charge is 2.21. The van der Waals surface area contributed by atoms with Gasteiger partial charge in [-0.25, -0.2) is 0 Å². The average Bonchev–Trinajstić information content (AvgIpc) is 2.39. The summed E-state index contributed by atoms with van der Waals surface area (Å²) >= 11 is 11.9. The second-order valence-corrected chi connectivity index (χ2v) is 5.47. The molecule has 2 N–H and O–H groups in total. The molecule has 1 rings (SSSR count). The van der Waals surface area contributed by atoms with Crippen molar-refractivity contribution in [3.05, 3.63) is 33.8 Å². The van der Waals surface area contributed by atoms with Crippen molar-refractivity contribution in [1.29, 1.82) is 0 Å². The summed E-state index contributed by atoms with van der Waals surface area (Å²) in [7, 11) is 1.68. The fourth-order valence-electron chi connectivity index (χ4n) is 1.63. The van der Waals surface area contributed by atoms with Crippen LogP contribution in [0.5, 0.6) is 0 Å². The number of halogens is 2. The van der Waals surface area contributed by atoms with Gasteiger partial charge in [-0.05, 0) is 38.6 Å². The number of ketones is 1. The minimum Gasteiger partial charge on any atom is -0.345 e. The molecule has 0 spiro atoms. The van der Waals surface area contributed by atoms with E-state index < -0.39 is 6.04 Å². The second kappa shape index (κ2) is 7.62. The summed E-state index contributed by atoms with van der Waals surface area (Å²) < 4.78 is 0. The van der Waals surface area contributed by atoms with E-state index in [1.807, 2.05) is 0 Å². The molecule has 6 heteroatoms. The monoisotopic (exact) mass is 316 g/mol. The molecule has 0 aliphatic carbocycles. The van der Waals surface area contributed by atoms with Gasteiger partial charge in [0.05, 0.1) is 12.1 Å². The number of Topliss-reactive ketones (excluding diaryl/α,β-unsaturated/α-hetero) is 1. The summed E-state index contributed by atoms with van der Waals surface area (Å²) in [4.78, 5) is 23.5. The molecule has 0 saturated heterocycles. The zero-order valence-corrected chi connectivity index (χ0v) is 13.2. The van der Waals surface area contributed by atoms with Crippen molar-refractivity contribution in [3.8, 4) is 0 Å². The van der Waals surface area contributed by atoms with E-state index in [4.69, 9.17) is 23.2 Å².